The number of rotatable bonds is 6. The third-order valence-electron chi connectivity index (χ3n) is 2.43. The number of nitrogens with zero attached hydrogens (tertiary/aromatic N) is 1. The van der Waals surface area contributed by atoms with Crippen molar-refractivity contribution in [3.63, 3.8) is 0 Å². The molecule has 6 nitrogen and oxygen atoms in total. The van der Waals surface area contributed by atoms with E-state index in [1.807, 2.05) is 0 Å². The van der Waals surface area contributed by atoms with E-state index in [2.05, 4.69) is 0 Å². The molecule has 0 radical (unpaired) electrons. The Labute approximate surface area is 123 Å². The Morgan fingerprint density at radius 2 is 2.14 bits per heavy atom. The molecule has 0 bridgehead atoms. The minimum Gasteiger partial charge on any atom is -0.477 e. The van der Waals surface area contributed by atoms with Crippen molar-refractivity contribution >= 4 is 34.6 Å². The second kappa shape index (κ2) is 7.53. The van der Waals surface area contributed by atoms with E-state index >= 15 is 0 Å². The van der Waals surface area contributed by atoms with E-state index in [-0.39, 0.29) is 10.7 Å². The molecule has 1 aromatic rings. The molecule has 8 heteroatoms. The molecule has 0 saturated heterocycles. The van der Waals surface area contributed by atoms with Crippen LogP contribution >= 0.6 is 11.8 Å². The number of halogens is 1. The van der Waals surface area contributed by atoms with Crippen molar-refractivity contribution in [3.8, 4) is 0 Å². The lowest BCUT2D eigenvalue weighted by Gasteiger charge is -2.02. The van der Waals surface area contributed by atoms with Gasteiger partial charge in [-0.2, -0.15) is 0 Å². The molecule has 0 aliphatic heterocycles. The summed E-state index contributed by atoms with van der Waals surface area (Å²) >= 11 is 1.12. The standard InChI is InChI=1S/C13H12FNO5S/c1-8(16)21-5-3-2-4-9-6-12(15(19)20)10(13(17)18)7-11(9)14/h2,4,6-7H,3,5H2,1H3,(H,17,18). The first-order valence-electron chi connectivity index (χ1n) is 5.84. The van der Waals surface area contributed by atoms with Gasteiger partial charge in [0.2, 0.25) is 0 Å². The summed E-state index contributed by atoms with van der Waals surface area (Å²) in [5, 5.41) is 19.6. The van der Waals surface area contributed by atoms with E-state index in [1.54, 1.807) is 6.08 Å². The van der Waals surface area contributed by atoms with Gasteiger partial charge in [-0.05, 0) is 12.5 Å². The van der Waals surface area contributed by atoms with Crippen LogP contribution < -0.4 is 0 Å². The van der Waals surface area contributed by atoms with Gasteiger partial charge in [-0.1, -0.05) is 23.9 Å². The molecule has 21 heavy (non-hydrogen) atoms. The van der Waals surface area contributed by atoms with Crippen molar-refractivity contribution in [2.75, 3.05) is 5.75 Å². The SMILES string of the molecule is CC(=O)SCCC=Cc1cc([N+](=O)[O-])c(C(=O)O)cc1F. The van der Waals surface area contributed by atoms with E-state index in [0.717, 1.165) is 17.8 Å². The minimum absolute atomic E-state index is 0.0315. The lowest BCUT2D eigenvalue weighted by molar-refractivity contribution is -0.385. The number of hydrogen-bond acceptors (Lipinski definition) is 5. The molecule has 0 spiro atoms. The summed E-state index contributed by atoms with van der Waals surface area (Å²) in [5.74, 6) is -1.90. The van der Waals surface area contributed by atoms with Gasteiger partial charge in [0.25, 0.3) is 5.69 Å². The van der Waals surface area contributed by atoms with Gasteiger partial charge < -0.3 is 5.11 Å². The summed E-state index contributed by atoms with van der Waals surface area (Å²) in [4.78, 5) is 31.5. The zero-order chi connectivity index (χ0) is 16.0. The number of carboxylic acid groups (broad SMARTS) is 1. The molecule has 0 aliphatic rings. The van der Waals surface area contributed by atoms with Crippen LogP contribution in [0.15, 0.2) is 18.2 Å². The van der Waals surface area contributed by atoms with Crippen molar-refractivity contribution in [3.05, 3.63) is 45.3 Å². The molecular formula is C13H12FNO5S. The van der Waals surface area contributed by atoms with E-state index in [4.69, 9.17) is 5.11 Å². The Morgan fingerprint density at radius 3 is 2.67 bits per heavy atom. The number of carbonyl (C=O) groups excluding carboxylic acids is 1. The number of nitro groups is 1. The average molecular weight is 313 g/mol. The molecule has 1 aromatic carbocycles. The molecule has 0 fully saturated rings. The molecular weight excluding hydrogens is 301 g/mol. The minimum atomic E-state index is -1.56. The first kappa shape index (κ1) is 16.8. The number of thioether (sulfide) groups is 1. The lowest BCUT2D eigenvalue weighted by Crippen LogP contribution is -2.04. The first-order valence-corrected chi connectivity index (χ1v) is 6.82. The van der Waals surface area contributed by atoms with Crippen LogP contribution in [0.4, 0.5) is 10.1 Å². The highest BCUT2D eigenvalue weighted by Crippen LogP contribution is 2.24. The van der Waals surface area contributed by atoms with Crippen LogP contribution in [0.25, 0.3) is 6.08 Å². The molecule has 0 amide bonds. The van der Waals surface area contributed by atoms with Gasteiger partial charge in [0.15, 0.2) is 5.12 Å². The average Bonchev–Trinajstić information content (AvgIpc) is 2.38. The van der Waals surface area contributed by atoms with Crippen LogP contribution in [-0.4, -0.2) is 26.9 Å². The fourth-order valence-corrected chi connectivity index (χ4v) is 2.05. The summed E-state index contributed by atoms with van der Waals surface area (Å²) in [6.45, 7) is 1.43. The van der Waals surface area contributed by atoms with Crippen LogP contribution in [0, 0.1) is 15.9 Å². The predicted molar refractivity (Wildman–Crippen MR) is 76.8 cm³/mol. The van der Waals surface area contributed by atoms with Crippen molar-refractivity contribution in [2.45, 2.75) is 13.3 Å². The van der Waals surface area contributed by atoms with E-state index in [9.17, 15) is 24.1 Å². The number of carbonyl (C=O) groups is 2. The number of carboxylic acids is 1. The van der Waals surface area contributed by atoms with Crippen molar-refractivity contribution in [1.29, 1.82) is 0 Å². The maximum atomic E-state index is 13.7. The largest absolute Gasteiger partial charge is 0.477 e. The third kappa shape index (κ3) is 4.99. The topological polar surface area (TPSA) is 97.5 Å². The maximum Gasteiger partial charge on any atom is 0.342 e. The van der Waals surface area contributed by atoms with Gasteiger partial charge in [0.1, 0.15) is 11.4 Å². The van der Waals surface area contributed by atoms with Gasteiger partial charge in [0.05, 0.1) is 4.92 Å². The predicted octanol–water partition coefficient (Wildman–Crippen LogP) is 3.12. The summed E-state index contributed by atoms with van der Waals surface area (Å²) in [6, 6.07) is 1.51. The lowest BCUT2D eigenvalue weighted by atomic mass is 10.1. The van der Waals surface area contributed by atoms with E-state index in [0.29, 0.717) is 18.2 Å². The summed E-state index contributed by atoms with van der Waals surface area (Å²) < 4.78 is 13.7. The van der Waals surface area contributed by atoms with Crippen LogP contribution in [0.3, 0.4) is 0 Å². The second-order valence-corrected chi connectivity index (χ2v) is 5.26. The quantitative estimate of drug-likeness (QED) is 0.492. The van der Waals surface area contributed by atoms with Crippen LogP contribution in [0.1, 0.15) is 29.3 Å². The number of hydrogen-bond donors (Lipinski definition) is 1. The Kier molecular flexibility index (Phi) is 6.04. The monoisotopic (exact) mass is 313 g/mol. The first-order chi connectivity index (χ1) is 9.82. The fourth-order valence-electron chi connectivity index (χ4n) is 1.51. The van der Waals surface area contributed by atoms with E-state index in [1.165, 1.54) is 13.0 Å². The number of nitro benzene ring substituents is 1. The van der Waals surface area contributed by atoms with Gasteiger partial charge in [-0.15, -0.1) is 0 Å². The third-order valence-corrected chi connectivity index (χ3v) is 3.28. The maximum absolute atomic E-state index is 13.7. The van der Waals surface area contributed by atoms with Crippen LogP contribution in [-0.2, 0) is 4.79 Å². The van der Waals surface area contributed by atoms with Crippen molar-refractivity contribution in [2.24, 2.45) is 0 Å². The molecule has 1 rings (SSSR count). The van der Waals surface area contributed by atoms with Crippen LogP contribution in [0.5, 0.6) is 0 Å². The van der Waals surface area contributed by atoms with Crippen molar-refractivity contribution in [1.82, 2.24) is 0 Å². The van der Waals surface area contributed by atoms with Gasteiger partial charge >= 0.3 is 5.97 Å². The van der Waals surface area contributed by atoms with Crippen molar-refractivity contribution < 1.29 is 24.0 Å². The van der Waals surface area contributed by atoms with Gasteiger partial charge in [-0.25, -0.2) is 9.18 Å². The van der Waals surface area contributed by atoms with Gasteiger partial charge in [0, 0.05) is 24.3 Å². The summed E-state index contributed by atoms with van der Waals surface area (Å²) in [7, 11) is 0. The molecule has 0 atom stereocenters. The highest BCUT2D eigenvalue weighted by molar-refractivity contribution is 8.13. The molecule has 0 aliphatic carbocycles. The fraction of sp³-hybridized carbons (Fsp3) is 0.231. The molecule has 0 unspecified atom stereocenters. The summed E-state index contributed by atoms with van der Waals surface area (Å²) in [6.07, 6.45) is 3.38. The Morgan fingerprint density at radius 1 is 1.48 bits per heavy atom. The molecule has 0 heterocycles. The second-order valence-electron chi connectivity index (χ2n) is 3.98. The Bertz CT molecular complexity index is 615. The van der Waals surface area contributed by atoms with Gasteiger partial charge in [-0.3, -0.25) is 14.9 Å². The summed E-state index contributed by atoms with van der Waals surface area (Å²) in [5.41, 5.74) is -1.43. The number of aromatic carboxylic acids is 1. The van der Waals surface area contributed by atoms with E-state index < -0.39 is 28.0 Å². The molecule has 112 valence electrons. The number of benzene rings is 1. The normalized spacial score (nSPS) is 10.8. The zero-order valence-electron chi connectivity index (χ0n) is 11.0. The Balaban J connectivity index is 2.95. The number of allylic oxidation sites excluding steroid dienone is 1. The molecule has 0 saturated carbocycles. The Hall–Kier alpha value is -2.22. The van der Waals surface area contributed by atoms with Crippen LogP contribution in [0.2, 0.25) is 0 Å². The molecule has 0 aromatic heterocycles. The molecule has 1 N–H and O–H groups in total. The smallest absolute Gasteiger partial charge is 0.342 e. The zero-order valence-corrected chi connectivity index (χ0v) is 11.9. The highest BCUT2D eigenvalue weighted by Gasteiger charge is 2.22. The highest BCUT2D eigenvalue weighted by atomic mass is 32.2.